The van der Waals surface area contributed by atoms with Crippen LogP contribution in [0.2, 0.25) is 0 Å². The standard InChI is InChI=1S/C12H19N5O/c1-8-7-10(16-12(13)15-8)17-5-3-9(4-6-17)11(18)14-2/h7,9H,3-6H2,1-2H3,(H,14,18)(H2,13,15,16). The molecule has 0 atom stereocenters. The molecule has 2 rings (SSSR count). The summed E-state index contributed by atoms with van der Waals surface area (Å²) in [6, 6.07) is 1.93. The molecule has 1 saturated heterocycles. The molecule has 1 aliphatic rings. The molecule has 0 aliphatic carbocycles. The van der Waals surface area contributed by atoms with Crippen molar-refractivity contribution in [2.75, 3.05) is 30.8 Å². The average molecular weight is 249 g/mol. The Hall–Kier alpha value is -1.85. The third-order valence-electron chi connectivity index (χ3n) is 3.29. The molecule has 6 heteroatoms. The number of piperidine rings is 1. The number of carbonyl (C=O) groups excluding carboxylic acids is 1. The highest BCUT2D eigenvalue weighted by atomic mass is 16.1. The minimum absolute atomic E-state index is 0.117. The molecule has 1 aromatic heterocycles. The molecule has 0 spiro atoms. The van der Waals surface area contributed by atoms with E-state index in [1.54, 1.807) is 7.05 Å². The van der Waals surface area contributed by atoms with Crippen LogP contribution in [0.25, 0.3) is 0 Å². The number of nitrogens with zero attached hydrogens (tertiary/aromatic N) is 3. The molecule has 3 N–H and O–H groups in total. The summed E-state index contributed by atoms with van der Waals surface area (Å²) in [4.78, 5) is 22.0. The lowest BCUT2D eigenvalue weighted by Crippen LogP contribution is -2.40. The number of hydrogen-bond donors (Lipinski definition) is 2. The van der Waals surface area contributed by atoms with Crippen molar-refractivity contribution >= 4 is 17.7 Å². The van der Waals surface area contributed by atoms with E-state index in [0.717, 1.165) is 37.4 Å². The Morgan fingerprint density at radius 2 is 2.11 bits per heavy atom. The normalized spacial score (nSPS) is 16.7. The van der Waals surface area contributed by atoms with E-state index in [2.05, 4.69) is 20.2 Å². The minimum atomic E-state index is 0.117. The van der Waals surface area contributed by atoms with Crippen molar-refractivity contribution in [3.05, 3.63) is 11.8 Å². The molecule has 2 heterocycles. The van der Waals surface area contributed by atoms with Gasteiger partial charge in [0.25, 0.3) is 0 Å². The number of hydrogen-bond acceptors (Lipinski definition) is 5. The zero-order valence-electron chi connectivity index (χ0n) is 10.8. The number of anilines is 2. The second-order valence-corrected chi connectivity index (χ2v) is 4.60. The molecule has 98 valence electrons. The second kappa shape index (κ2) is 5.20. The van der Waals surface area contributed by atoms with Crippen LogP contribution in [0, 0.1) is 12.8 Å². The summed E-state index contributed by atoms with van der Waals surface area (Å²) in [5.41, 5.74) is 6.52. The van der Waals surface area contributed by atoms with Crippen LogP contribution in [-0.2, 0) is 4.79 Å². The molecule has 0 saturated carbocycles. The van der Waals surface area contributed by atoms with Gasteiger partial charge in [-0.1, -0.05) is 0 Å². The SMILES string of the molecule is CNC(=O)C1CCN(c2cc(C)nc(N)n2)CC1. The number of aromatic nitrogens is 2. The Kier molecular flexibility index (Phi) is 3.64. The van der Waals surface area contributed by atoms with Crippen LogP contribution in [-0.4, -0.2) is 36.0 Å². The van der Waals surface area contributed by atoms with Gasteiger partial charge in [-0.3, -0.25) is 4.79 Å². The van der Waals surface area contributed by atoms with Crippen molar-refractivity contribution < 1.29 is 4.79 Å². The molecule has 0 unspecified atom stereocenters. The maximum Gasteiger partial charge on any atom is 0.222 e. The Bertz CT molecular complexity index is 420. The van der Waals surface area contributed by atoms with E-state index in [4.69, 9.17) is 5.73 Å². The number of amides is 1. The Morgan fingerprint density at radius 3 is 2.67 bits per heavy atom. The fraction of sp³-hybridized carbons (Fsp3) is 0.583. The summed E-state index contributed by atoms with van der Waals surface area (Å²) in [7, 11) is 1.68. The average Bonchev–Trinajstić information content (AvgIpc) is 2.37. The van der Waals surface area contributed by atoms with E-state index >= 15 is 0 Å². The van der Waals surface area contributed by atoms with Crippen molar-refractivity contribution in [1.29, 1.82) is 0 Å². The minimum Gasteiger partial charge on any atom is -0.368 e. The van der Waals surface area contributed by atoms with Gasteiger partial charge in [-0.05, 0) is 19.8 Å². The molecule has 0 radical (unpaired) electrons. The zero-order chi connectivity index (χ0) is 13.1. The van der Waals surface area contributed by atoms with Gasteiger partial charge in [0.2, 0.25) is 11.9 Å². The van der Waals surface area contributed by atoms with Crippen LogP contribution in [0.1, 0.15) is 18.5 Å². The van der Waals surface area contributed by atoms with Crippen LogP contribution >= 0.6 is 0 Å². The first-order valence-electron chi connectivity index (χ1n) is 6.18. The molecular weight excluding hydrogens is 230 g/mol. The third-order valence-corrected chi connectivity index (χ3v) is 3.29. The largest absolute Gasteiger partial charge is 0.368 e. The Morgan fingerprint density at radius 1 is 1.44 bits per heavy atom. The van der Waals surface area contributed by atoms with E-state index in [0.29, 0.717) is 5.95 Å². The molecule has 1 amide bonds. The summed E-state index contributed by atoms with van der Waals surface area (Å²) >= 11 is 0. The lowest BCUT2D eigenvalue weighted by atomic mass is 9.96. The first-order valence-corrected chi connectivity index (χ1v) is 6.18. The fourth-order valence-electron chi connectivity index (χ4n) is 2.31. The van der Waals surface area contributed by atoms with Crippen LogP contribution in [0.4, 0.5) is 11.8 Å². The van der Waals surface area contributed by atoms with Gasteiger partial charge in [0.1, 0.15) is 5.82 Å². The summed E-state index contributed by atoms with van der Waals surface area (Å²) in [5.74, 6) is 1.41. The van der Waals surface area contributed by atoms with Crippen LogP contribution < -0.4 is 16.0 Å². The summed E-state index contributed by atoms with van der Waals surface area (Å²) < 4.78 is 0. The summed E-state index contributed by atoms with van der Waals surface area (Å²) in [5, 5.41) is 2.70. The van der Waals surface area contributed by atoms with E-state index in [1.807, 2.05) is 13.0 Å². The molecule has 6 nitrogen and oxygen atoms in total. The van der Waals surface area contributed by atoms with Gasteiger partial charge >= 0.3 is 0 Å². The molecule has 0 aromatic carbocycles. The number of aryl methyl sites for hydroxylation is 1. The monoisotopic (exact) mass is 249 g/mol. The number of carbonyl (C=O) groups is 1. The number of nitrogens with two attached hydrogens (primary N) is 1. The van der Waals surface area contributed by atoms with Crippen molar-refractivity contribution in [1.82, 2.24) is 15.3 Å². The molecule has 1 aromatic rings. The van der Waals surface area contributed by atoms with Crippen LogP contribution in [0.3, 0.4) is 0 Å². The fourth-order valence-corrected chi connectivity index (χ4v) is 2.31. The van der Waals surface area contributed by atoms with Crippen LogP contribution in [0.15, 0.2) is 6.07 Å². The third kappa shape index (κ3) is 2.69. The maximum atomic E-state index is 11.5. The lowest BCUT2D eigenvalue weighted by Gasteiger charge is -2.32. The van der Waals surface area contributed by atoms with Gasteiger partial charge in [0, 0.05) is 37.8 Å². The zero-order valence-corrected chi connectivity index (χ0v) is 10.8. The Labute approximate surface area is 107 Å². The number of nitrogen functional groups attached to an aromatic ring is 1. The molecular formula is C12H19N5O. The van der Waals surface area contributed by atoms with E-state index < -0.39 is 0 Å². The topological polar surface area (TPSA) is 84.1 Å². The van der Waals surface area contributed by atoms with Crippen molar-refractivity contribution in [3.63, 3.8) is 0 Å². The molecule has 0 bridgehead atoms. The van der Waals surface area contributed by atoms with Gasteiger partial charge in [0.05, 0.1) is 0 Å². The maximum absolute atomic E-state index is 11.5. The smallest absolute Gasteiger partial charge is 0.222 e. The highest BCUT2D eigenvalue weighted by molar-refractivity contribution is 5.78. The predicted octanol–water partition coefficient (Wildman–Crippen LogP) is 0.330. The quantitative estimate of drug-likeness (QED) is 0.789. The van der Waals surface area contributed by atoms with Gasteiger partial charge in [-0.25, -0.2) is 4.98 Å². The second-order valence-electron chi connectivity index (χ2n) is 4.60. The molecule has 18 heavy (non-hydrogen) atoms. The van der Waals surface area contributed by atoms with Crippen molar-refractivity contribution in [2.45, 2.75) is 19.8 Å². The van der Waals surface area contributed by atoms with Crippen molar-refractivity contribution in [2.24, 2.45) is 5.92 Å². The van der Waals surface area contributed by atoms with Gasteiger partial charge in [-0.2, -0.15) is 4.98 Å². The predicted molar refractivity (Wildman–Crippen MR) is 70.2 cm³/mol. The van der Waals surface area contributed by atoms with Gasteiger partial charge in [0.15, 0.2) is 0 Å². The first-order chi connectivity index (χ1) is 8.60. The first kappa shape index (κ1) is 12.6. The van der Waals surface area contributed by atoms with E-state index in [-0.39, 0.29) is 11.8 Å². The highest BCUT2D eigenvalue weighted by Gasteiger charge is 2.25. The highest BCUT2D eigenvalue weighted by Crippen LogP contribution is 2.22. The summed E-state index contributed by atoms with van der Waals surface area (Å²) in [6.45, 7) is 3.56. The van der Waals surface area contributed by atoms with Gasteiger partial charge in [-0.15, -0.1) is 0 Å². The van der Waals surface area contributed by atoms with E-state index in [9.17, 15) is 4.79 Å². The molecule has 1 fully saturated rings. The molecule has 1 aliphatic heterocycles. The summed E-state index contributed by atoms with van der Waals surface area (Å²) in [6.07, 6.45) is 1.70. The van der Waals surface area contributed by atoms with Crippen molar-refractivity contribution in [3.8, 4) is 0 Å². The lowest BCUT2D eigenvalue weighted by molar-refractivity contribution is -0.125. The number of nitrogens with one attached hydrogen (secondary N) is 1. The Balaban J connectivity index is 2.03. The van der Waals surface area contributed by atoms with Crippen LogP contribution in [0.5, 0.6) is 0 Å². The van der Waals surface area contributed by atoms with Gasteiger partial charge < -0.3 is 16.0 Å². The number of rotatable bonds is 2. The van der Waals surface area contributed by atoms with E-state index in [1.165, 1.54) is 0 Å².